The molecule has 1 aromatic carbocycles. The van der Waals surface area contributed by atoms with E-state index in [1.165, 1.54) is 6.26 Å². The number of amides is 1. The van der Waals surface area contributed by atoms with Gasteiger partial charge in [-0.2, -0.15) is 0 Å². The highest BCUT2D eigenvalue weighted by Crippen LogP contribution is 2.28. The molecule has 114 valence electrons. The molecular formula is C16H21ClN2O2. The number of nitrogens with two attached hydrogens (primary N) is 1. The quantitative estimate of drug-likeness (QED) is 0.901. The van der Waals surface area contributed by atoms with Crippen molar-refractivity contribution < 1.29 is 9.21 Å². The molecule has 0 radical (unpaired) electrons. The van der Waals surface area contributed by atoms with Crippen LogP contribution in [0.15, 0.2) is 34.9 Å². The molecule has 0 fully saturated rings. The molecule has 0 spiro atoms. The molecule has 0 atom stereocenters. The van der Waals surface area contributed by atoms with Crippen LogP contribution < -0.4 is 11.1 Å². The van der Waals surface area contributed by atoms with E-state index in [1.807, 2.05) is 25.1 Å². The maximum atomic E-state index is 12.3. The molecule has 2 rings (SSSR count). The SMILES string of the molecule is Cc1cccc(C(C)C)c1NC(=O)c1coc(CN)c1.Cl. The Morgan fingerprint density at radius 1 is 1.38 bits per heavy atom. The van der Waals surface area contributed by atoms with Crippen molar-refractivity contribution in [2.45, 2.75) is 33.2 Å². The predicted octanol–water partition coefficient (Wildman–Crippen LogP) is 3.84. The summed E-state index contributed by atoms with van der Waals surface area (Å²) in [6.07, 6.45) is 1.44. The zero-order valence-electron chi connectivity index (χ0n) is 12.5. The zero-order valence-corrected chi connectivity index (χ0v) is 13.3. The first-order valence-corrected chi connectivity index (χ1v) is 6.71. The zero-order chi connectivity index (χ0) is 14.7. The molecular weight excluding hydrogens is 288 g/mol. The summed E-state index contributed by atoms with van der Waals surface area (Å²) in [6.45, 7) is 6.49. The van der Waals surface area contributed by atoms with Crippen LogP contribution in [-0.4, -0.2) is 5.91 Å². The summed E-state index contributed by atoms with van der Waals surface area (Å²) in [7, 11) is 0. The van der Waals surface area contributed by atoms with Gasteiger partial charge in [0.2, 0.25) is 0 Å². The van der Waals surface area contributed by atoms with Gasteiger partial charge in [-0.05, 0) is 30.0 Å². The Morgan fingerprint density at radius 2 is 2.10 bits per heavy atom. The maximum absolute atomic E-state index is 12.3. The van der Waals surface area contributed by atoms with Crippen molar-refractivity contribution in [3.05, 3.63) is 53.0 Å². The number of nitrogens with one attached hydrogen (secondary N) is 1. The Morgan fingerprint density at radius 3 is 2.67 bits per heavy atom. The fraction of sp³-hybridized carbons (Fsp3) is 0.312. The first kappa shape index (κ1) is 17.3. The summed E-state index contributed by atoms with van der Waals surface area (Å²) >= 11 is 0. The number of hydrogen-bond acceptors (Lipinski definition) is 3. The van der Waals surface area contributed by atoms with Crippen molar-refractivity contribution in [1.82, 2.24) is 0 Å². The van der Waals surface area contributed by atoms with Crippen LogP contribution in [0.3, 0.4) is 0 Å². The van der Waals surface area contributed by atoms with E-state index < -0.39 is 0 Å². The van der Waals surface area contributed by atoms with Gasteiger partial charge in [-0.1, -0.05) is 32.0 Å². The van der Waals surface area contributed by atoms with Gasteiger partial charge < -0.3 is 15.5 Å². The minimum absolute atomic E-state index is 0. The average Bonchev–Trinajstić information content (AvgIpc) is 2.89. The molecule has 5 heteroatoms. The van der Waals surface area contributed by atoms with Crippen molar-refractivity contribution in [3.63, 3.8) is 0 Å². The fourth-order valence-corrected chi connectivity index (χ4v) is 2.13. The van der Waals surface area contributed by atoms with Crippen LogP contribution in [0.25, 0.3) is 0 Å². The normalized spacial score (nSPS) is 10.3. The van der Waals surface area contributed by atoms with E-state index in [1.54, 1.807) is 6.07 Å². The third-order valence-electron chi connectivity index (χ3n) is 3.28. The molecule has 4 nitrogen and oxygen atoms in total. The number of benzene rings is 1. The molecule has 0 saturated heterocycles. The fourth-order valence-electron chi connectivity index (χ4n) is 2.13. The van der Waals surface area contributed by atoms with E-state index in [4.69, 9.17) is 10.2 Å². The van der Waals surface area contributed by atoms with Crippen LogP contribution in [0.2, 0.25) is 0 Å². The van der Waals surface area contributed by atoms with Gasteiger partial charge in [0.15, 0.2) is 0 Å². The average molecular weight is 309 g/mol. The molecule has 0 aliphatic rings. The molecule has 2 aromatic rings. The molecule has 21 heavy (non-hydrogen) atoms. The summed E-state index contributed by atoms with van der Waals surface area (Å²) in [5, 5.41) is 2.97. The molecule has 0 aliphatic carbocycles. The number of para-hydroxylation sites is 1. The standard InChI is InChI=1S/C16H20N2O2.ClH/c1-10(2)14-6-4-5-11(3)15(14)18-16(19)12-7-13(8-17)20-9-12;/h4-7,9-10H,8,17H2,1-3H3,(H,18,19);1H. The Balaban J connectivity index is 0.00000220. The lowest BCUT2D eigenvalue weighted by Gasteiger charge is -2.16. The molecule has 1 heterocycles. The third-order valence-corrected chi connectivity index (χ3v) is 3.28. The van der Waals surface area contributed by atoms with Crippen LogP contribution in [0.4, 0.5) is 5.69 Å². The first-order valence-electron chi connectivity index (χ1n) is 6.71. The minimum Gasteiger partial charge on any atom is -0.467 e. The largest absolute Gasteiger partial charge is 0.467 e. The predicted molar refractivity (Wildman–Crippen MR) is 87.1 cm³/mol. The van der Waals surface area contributed by atoms with Gasteiger partial charge >= 0.3 is 0 Å². The summed E-state index contributed by atoms with van der Waals surface area (Å²) in [6, 6.07) is 7.70. The number of rotatable bonds is 4. The van der Waals surface area contributed by atoms with E-state index in [2.05, 4.69) is 19.2 Å². The highest BCUT2D eigenvalue weighted by Gasteiger charge is 2.14. The van der Waals surface area contributed by atoms with Crippen LogP contribution in [0, 0.1) is 6.92 Å². The van der Waals surface area contributed by atoms with Crippen LogP contribution in [0.1, 0.15) is 47.0 Å². The van der Waals surface area contributed by atoms with Crippen molar-refractivity contribution in [2.75, 3.05) is 5.32 Å². The number of aryl methyl sites for hydroxylation is 1. The number of hydrogen-bond donors (Lipinski definition) is 2. The highest BCUT2D eigenvalue weighted by atomic mass is 35.5. The van der Waals surface area contributed by atoms with E-state index >= 15 is 0 Å². The van der Waals surface area contributed by atoms with Gasteiger partial charge in [0, 0.05) is 5.69 Å². The van der Waals surface area contributed by atoms with Gasteiger partial charge in [-0.25, -0.2) is 0 Å². The van der Waals surface area contributed by atoms with Crippen molar-refractivity contribution in [1.29, 1.82) is 0 Å². The highest BCUT2D eigenvalue weighted by molar-refractivity contribution is 6.05. The molecule has 1 amide bonds. The number of carbonyl (C=O) groups is 1. The Bertz CT molecular complexity index is 620. The smallest absolute Gasteiger partial charge is 0.258 e. The molecule has 0 bridgehead atoms. The van der Waals surface area contributed by atoms with E-state index in [0.29, 0.717) is 17.2 Å². The molecule has 1 aromatic heterocycles. The number of halogens is 1. The second kappa shape index (κ2) is 7.29. The summed E-state index contributed by atoms with van der Waals surface area (Å²) in [5.74, 6) is 0.766. The van der Waals surface area contributed by atoms with Crippen molar-refractivity contribution in [2.24, 2.45) is 5.73 Å². The van der Waals surface area contributed by atoms with Gasteiger partial charge in [-0.15, -0.1) is 12.4 Å². The lowest BCUT2D eigenvalue weighted by atomic mass is 9.98. The van der Waals surface area contributed by atoms with Gasteiger partial charge in [0.25, 0.3) is 5.91 Å². The monoisotopic (exact) mass is 308 g/mol. The lowest BCUT2D eigenvalue weighted by Crippen LogP contribution is -2.14. The summed E-state index contributed by atoms with van der Waals surface area (Å²) in [5.41, 5.74) is 9.02. The molecule has 0 unspecified atom stereocenters. The number of anilines is 1. The maximum Gasteiger partial charge on any atom is 0.258 e. The van der Waals surface area contributed by atoms with Crippen LogP contribution in [0.5, 0.6) is 0 Å². The van der Waals surface area contributed by atoms with Crippen molar-refractivity contribution >= 4 is 24.0 Å². The topological polar surface area (TPSA) is 68.3 Å². The minimum atomic E-state index is -0.176. The Hall–Kier alpha value is -1.78. The number of furan rings is 1. The van der Waals surface area contributed by atoms with E-state index in [-0.39, 0.29) is 24.9 Å². The van der Waals surface area contributed by atoms with E-state index in [0.717, 1.165) is 16.8 Å². The molecule has 0 saturated carbocycles. The third kappa shape index (κ3) is 3.86. The molecule has 3 N–H and O–H groups in total. The van der Waals surface area contributed by atoms with Crippen molar-refractivity contribution in [3.8, 4) is 0 Å². The second-order valence-electron chi connectivity index (χ2n) is 5.15. The summed E-state index contributed by atoms with van der Waals surface area (Å²) < 4.78 is 5.19. The van der Waals surface area contributed by atoms with E-state index in [9.17, 15) is 4.79 Å². The first-order chi connectivity index (χ1) is 9.52. The number of carbonyl (C=O) groups excluding carboxylic acids is 1. The summed E-state index contributed by atoms with van der Waals surface area (Å²) in [4.78, 5) is 12.3. The van der Waals surface area contributed by atoms with Crippen LogP contribution >= 0.6 is 12.4 Å². The molecule has 0 aliphatic heterocycles. The van der Waals surface area contributed by atoms with Gasteiger partial charge in [0.1, 0.15) is 12.0 Å². The Kier molecular flexibility index (Phi) is 6.00. The van der Waals surface area contributed by atoms with Crippen LogP contribution in [-0.2, 0) is 6.54 Å². The lowest BCUT2D eigenvalue weighted by molar-refractivity contribution is 0.102. The van der Waals surface area contributed by atoms with Gasteiger partial charge in [0.05, 0.1) is 12.1 Å². The second-order valence-corrected chi connectivity index (χ2v) is 5.15. The Labute approximate surface area is 131 Å². The van der Waals surface area contributed by atoms with Gasteiger partial charge in [-0.3, -0.25) is 4.79 Å².